The van der Waals surface area contributed by atoms with Gasteiger partial charge in [0.25, 0.3) is 0 Å². The first-order valence-corrected chi connectivity index (χ1v) is 16.6. The third kappa shape index (κ3) is 4.59. The van der Waals surface area contributed by atoms with Gasteiger partial charge < -0.3 is 4.42 Å². The highest BCUT2D eigenvalue weighted by atomic mass is 16.3. The third-order valence-corrected chi connectivity index (χ3v) is 9.67. The van der Waals surface area contributed by atoms with E-state index in [4.69, 9.17) is 14.4 Å². The second-order valence-corrected chi connectivity index (χ2v) is 12.6. The summed E-state index contributed by atoms with van der Waals surface area (Å²) in [4.78, 5) is 10.2. The van der Waals surface area contributed by atoms with E-state index in [1.165, 1.54) is 21.9 Å². The van der Waals surface area contributed by atoms with Crippen molar-refractivity contribution in [2.75, 3.05) is 0 Å². The van der Waals surface area contributed by atoms with Gasteiger partial charge in [0, 0.05) is 32.7 Å². The Hall–Kier alpha value is -6.58. The third-order valence-electron chi connectivity index (χ3n) is 9.67. The van der Waals surface area contributed by atoms with Crippen molar-refractivity contribution < 1.29 is 4.42 Å². The molecule has 0 aliphatic carbocycles. The molecule has 2 aromatic heterocycles. The van der Waals surface area contributed by atoms with Gasteiger partial charge in [0.2, 0.25) is 0 Å². The molecule has 8 aromatic carbocycles. The molecule has 0 aliphatic heterocycles. The minimum Gasteiger partial charge on any atom is -0.455 e. The summed E-state index contributed by atoms with van der Waals surface area (Å²) in [7, 11) is 0. The zero-order valence-corrected chi connectivity index (χ0v) is 26.5. The van der Waals surface area contributed by atoms with Crippen LogP contribution in [0, 0.1) is 0 Å². The number of hydrogen-bond donors (Lipinski definition) is 0. The molecule has 0 N–H and O–H groups in total. The quantitative estimate of drug-likeness (QED) is 0.196. The Bertz CT molecular complexity index is 2870. The Labute approximate surface area is 282 Å². The van der Waals surface area contributed by atoms with Crippen LogP contribution in [0.2, 0.25) is 0 Å². The van der Waals surface area contributed by atoms with Crippen molar-refractivity contribution in [1.82, 2.24) is 9.97 Å². The van der Waals surface area contributed by atoms with Gasteiger partial charge in [0.15, 0.2) is 5.82 Å². The summed E-state index contributed by atoms with van der Waals surface area (Å²) in [5.41, 5.74) is 10.4. The van der Waals surface area contributed by atoms with Crippen molar-refractivity contribution >= 4 is 54.4 Å². The fraction of sp³-hybridized carbons (Fsp3) is 0. The van der Waals surface area contributed by atoms with Crippen molar-refractivity contribution in [3.8, 4) is 44.9 Å². The van der Waals surface area contributed by atoms with Crippen LogP contribution in [0.25, 0.3) is 99.3 Å². The van der Waals surface area contributed by atoms with Crippen molar-refractivity contribution in [3.63, 3.8) is 0 Å². The predicted molar refractivity (Wildman–Crippen MR) is 204 cm³/mol. The average Bonchev–Trinajstić information content (AvgIpc) is 3.55. The minimum atomic E-state index is 0.713. The Morgan fingerprint density at radius 2 is 1.00 bits per heavy atom. The number of fused-ring (bicyclic) bond motifs is 7. The monoisotopic (exact) mass is 624 g/mol. The second-order valence-electron chi connectivity index (χ2n) is 12.6. The van der Waals surface area contributed by atoms with E-state index in [0.29, 0.717) is 5.82 Å². The van der Waals surface area contributed by atoms with E-state index in [1.807, 2.05) is 24.3 Å². The maximum absolute atomic E-state index is 6.61. The van der Waals surface area contributed by atoms with Crippen LogP contribution in [0.15, 0.2) is 174 Å². The first kappa shape index (κ1) is 27.5. The zero-order chi connectivity index (χ0) is 32.3. The van der Waals surface area contributed by atoms with E-state index in [0.717, 1.165) is 71.6 Å². The highest BCUT2D eigenvalue weighted by molar-refractivity contribution is 6.20. The number of furan rings is 1. The Morgan fingerprint density at radius 3 is 1.82 bits per heavy atom. The van der Waals surface area contributed by atoms with E-state index in [2.05, 4.69) is 146 Å². The zero-order valence-electron chi connectivity index (χ0n) is 26.5. The Morgan fingerprint density at radius 1 is 0.367 bits per heavy atom. The number of para-hydroxylation sites is 1. The van der Waals surface area contributed by atoms with Crippen LogP contribution in [-0.4, -0.2) is 9.97 Å². The molecule has 0 radical (unpaired) electrons. The number of rotatable bonds is 4. The molecule has 0 saturated heterocycles. The van der Waals surface area contributed by atoms with Crippen LogP contribution in [0.1, 0.15) is 0 Å². The predicted octanol–water partition coefficient (Wildman–Crippen LogP) is 12.5. The lowest BCUT2D eigenvalue weighted by Crippen LogP contribution is -1.95. The van der Waals surface area contributed by atoms with Crippen LogP contribution in [0.4, 0.5) is 0 Å². The molecular weight excluding hydrogens is 597 g/mol. The van der Waals surface area contributed by atoms with Gasteiger partial charge in [0.1, 0.15) is 11.2 Å². The van der Waals surface area contributed by atoms with Crippen molar-refractivity contribution in [2.45, 2.75) is 0 Å². The lowest BCUT2D eigenvalue weighted by atomic mass is 9.95. The average molecular weight is 625 g/mol. The summed E-state index contributed by atoms with van der Waals surface area (Å²) in [6.07, 6.45) is 0. The smallest absolute Gasteiger partial charge is 0.160 e. The molecule has 2 heterocycles. The first-order valence-electron chi connectivity index (χ1n) is 16.6. The molecule has 0 spiro atoms. The molecule has 0 unspecified atom stereocenters. The van der Waals surface area contributed by atoms with Gasteiger partial charge in [-0.25, -0.2) is 9.97 Å². The van der Waals surface area contributed by atoms with Gasteiger partial charge in [-0.15, -0.1) is 0 Å². The van der Waals surface area contributed by atoms with Gasteiger partial charge in [-0.1, -0.05) is 140 Å². The van der Waals surface area contributed by atoms with Gasteiger partial charge in [0.05, 0.1) is 11.2 Å². The molecule has 228 valence electrons. The van der Waals surface area contributed by atoms with Gasteiger partial charge in [-0.3, -0.25) is 0 Å². The van der Waals surface area contributed by atoms with Crippen LogP contribution in [-0.2, 0) is 0 Å². The molecule has 0 fully saturated rings. The van der Waals surface area contributed by atoms with E-state index in [1.54, 1.807) is 0 Å². The summed E-state index contributed by atoms with van der Waals surface area (Å²) in [5.74, 6) is 0.713. The molecule has 0 atom stereocenters. The molecule has 0 aliphatic rings. The summed E-state index contributed by atoms with van der Waals surface area (Å²) < 4.78 is 6.61. The molecule has 10 aromatic rings. The lowest BCUT2D eigenvalue weighted by Gasteiger charge is -2.12. The normalized spacial score (nSPS) is 11.7. The fourth-order valence-electron chi connectivity index (χ4n) is 7.20. The summed E-state index contributed by atoms with van der Waals surface area (Å²) in [6.45, 7) is 0. The van der Waals surface area contributed by atoms with E-state index >= 15 is 0 Å². The second kappa shape index (κ2) is 11.0. The van der Waals surface area contributed by atoms with Crippen LogP contribution in [0.5, 0.6) is 0 Å². The highest BCUT2D eigenvalue weighted by Crippen LogP contribution is 2.42. The number of aromatic nitrogens is 2. The van der Waals surface area contributed by atoms with Gasteiger partial charge in [-0.2, -0.15) is 0 Å². The SMILES string of the molecule is c1ccc(-c2nc(-c3cc4c5cc(-c6ccc(-c7ccc8ccccc8c7)cc6)ccc5oc4c4ccccc34)c3ccccc3n2)cc1. The Balaban J connectivity index is 1.14. The fourth-order valence-corrected chi connectivity index (χ4v) is 7.20. The Kier molecular flexibility index (Phi) is 6.18. The summed E-state index contributed by atoms with van der Waals surface area (Å²) in [5, 5.41) is 7.84. The number of hydrogen-bond acceptors (Lipinski definition) is 3. The standard InChI is InChI=1S/C46H28N2O/c1-2-11-32(12-3-1)46-47-42-17-9-8-16-38(42)44(48-46)40-28-41-39-27-35(24-25-43(39)49-45(41)37-15-7-6-14-36(37)40)31-20-18-30(19-21-31)34-23-22-29-10-4-5-13-33(29)26-34/h1-28H. The molecule has 10 rings (SSSR count). The minimum absolute atomic E-state index is 0.713. The maximum atomic E-state index is 6.61. The summed E-state index contributed by atoms with van der Waals surface area (Å²) >= 11 is 0. The van der Waals surface area contributed by atoms with Gasteiger partial charge in [-0.05, 0) is 68.7 Å². The molecule has 49 heavy (non-hydrogen) atoms. The molecule has 0 bridgehead atoms. The molecule has 0 saturated carbocycles. The molecular formula is C46H28N2O. The van der Waals surface area contributed by atoms with Gasteiger partial charge >= 0.3 is 0 Å². The molecule has 3 nitrogen and oxygen atoms in total. The summed E-state index contributed by atoms with van der Waals surface area (Å²) in [6, 6.07) is 59.8. The maximum Gasteiger partial charge on any atom is 0.160 e. The van der Waals surface area contributed by atoms with Crippen LogP contribution >= 0.6 is 0 Å². The number of nitrogens with zero attached hydrogens (tertiary/aromatic N) is 2. The topological polar surface area (TPSA) is 38.9 Å². The van der Waals surface area contributed by atoms with Crippen molar-refractivity contribution in [3.05, 3.63) is 170 Å². The molecule has 3 heteroatoms. The van der Waals surface area contributed by atoms with Crippen molar-refractivity contribution in [1.29, 1.82) is 0 Å². The highest BCUT2D eigenvalue weighted by Gasteiger charge is 2.19. The van der Waals surface area contributed by atoms with Crippen LogP contribution < -0.4 is 0 Å². The van der Waals surface area contributed by atoms with E-state index < -0.39 is 0 Å². The van der Waals surface area contributed by atoms with Crippen LogP contribution in [0.3, 0.4) is 0 Å². The largest absolute Gasteiger partial charge is 0.455 e. The van der Waals surface area contributed by atoms with E-state index in [-0.39, 0.29) is 0 Å². The lowest BCUT2D eigenvalue weighted by molar-refractivity contribution is 0.673. The number of benzene rings is 8. The van der Waals surface area contributed by atoms with Crippen molar-refractivity contribution in [2.24, 2.45) is 0 Å². The first-order chi connectivity index (χ1) is 24.3. The molecule has 0 amide bonds. The van der Waals surface area contributed by atoms with E-state index in [9.17, 15) is 0 Å².